The number of hydrogen-bond acceptors (Lipinski definition) is 1. The van der Waals surface area contributed by atoms with Crippen molar-refractivity contribution in [3.63, 3.8) is 0 Å². The van der Waals surface area contributed by atoms with Crippen LogP contribution in [-0.4, -0.2) is 28.7 Å². The molecule has 2 fully saturated rings. The Bertz CT molecular complexity index is 536. The molecular formula is C17H20BrNO. The van der Waals surface area contributed by atoms with Crippen LogP contribution in [0.3, 0.4) is 0 Å². The standard InChI is InChI=1S/C17H20BrNO/c18-12-7-9-19(10-8-12)17(20)16-14-6-5-11-3-1-2-4-13(11)15(14)16/h1-4,12,14-16H,5-10H2. The van der Waals surface area contributed by atoms with Gasteiger partial charge in [-0.2, -0.15) is 0 Å². The van der Waals surface area contributed by atoms with E-state index in [1.165, 1.54) is 17.5 Å². The summed E-state index contributed by atoms with van der Waals surface area (Å²) in [4.78, 5) is 15.5. The van der Waals surface area contributed by atoms with Gasteiger partial charge in [0.25, 0.3) is 0 Å². The first kappa shape index (κ1) is 12.9. The molecule has 1 saturated heterocycles. The molecule has 0 radical (unpaired) electrons. The third-order valence-corrected chi connectivity index (χ3v) is 6.27. The summed E-state index contributed by atoms with van der Waals surface area (Å²) in [5.74, 6) is 1.86. The molecule has 3 heteroatoms. The number of rotatable bonds is 1. The largest absolute Gasteiger partial charge is 0.342 e. The Kier molecular flexibility index (Phi) is 3.13. The summed E-state index contributed by atoms with van der Waals surface area (Å²) in [6, 6.07) is 8.72. The van der Waals surface area contributed by atoms with Crippen LogP contribution < -0.4 is 0 Å². The molecule has 1 aromatic carbocycles. The molecule has 1 saturated carbocycles. The summed E-state index contributed by atoms with van der Waals surface area (Å²) < 4.78 is 0. The van der Waals surface area contributed by atoms with Crippen LogP contribution in [0.2, 0.25) is 0 Å². The smallest absolute Gasteiger partial charge is 0.226 e. The van der Waals surface area contributed by atoms with E-state index in [0.717, 1.165) is 32.4 Å². The number of halogens is 1. The van der Waals surface area contributed by atoms with Crippen LogP contribution in [0, 0.1) is 11.8 Å². The van der Waals surface area contributed by atoms with E-state index < -0.39 is 0 Å². The molecule has 0 N–H and O–H groups in total. The number of benzene rings is 1. The minimum atomic E-state index is 0.283. The van der Waals surface area contributed by atoms with Crippen molar-refractivity contribution in [2.24, 2.45) is 11.8 Å². The fourth-order valence-corrected chi connectivity index (χ4v) is 4.59. The summed E-state index contributed by atoms with van der Waals surface area (Å²) >= 11 is 3.66. The summed E-state index contributed by atoms with van der Waals surface area (Å²) in [7, 11) is 0. The maximum atomic E-state index is 12.8. The lowest BCUT2D eigenvalue weighted by molar-refractivity contribution is -0.133. The highest BCUT2D eigenvalue weighted by Crippen LogP contribution is 2.60. The second-order valence-corrected chi connectivity index (χ2v) is 7.75. The number of amides is 1. The van der Waals surface area contributed by atoms with Crippen molar-refractivity contribution in [1.82, 2.24) is 4.90 Å². The Morgan fingerprint density at radius 1 is 1.15 bits per heavy atom. The quantitative estimate of drug-likeness (QED) is 0.722. The van der Waals surface area contributed by atoms with Crippen molar-refractivity contribution in [2.75, 3.05) is 13.1 Å². The van der Waals surface area contributed by atoms with E-state index in [-0.39, 0.29) is 5.92 Å². The fraction of sp³-hybridized carbons (Fsp3) is 0.588. The molecule has 1 aliphatic heterocycles. The van der Waals surface area contributed by atoms with E-state index in [0.29, 0.717) is 22.6 Å². The number of hydrogen-bond donors (Lipinski definition) is 0. The number of aryl methyl sites for hydroxylation is 1. The minimum absolute atomic E-state index is 0.283. The molecule has 3 aliphatic rings. The molecule has 3 atom stereocenters. The van der Waals surface area contributed by atoms with E-state index in [9.17, 15) is 4.79 Å². The van der Waals surface area contributed by atoms with Gasteiger partial charge >= 0.3 is 0 Å². The second-order valence-electron chi connectivity index (χ2n) is 6.45. The van der Waals surface area contributed by atoms with E-state index in [4.69, 9.17) is 0 Å². The van der Waals surface area contributed by atoms with Crippen LogP contribution in [0.5, 0.6) is 0 Å². The van der Waals surface area contributed by atoms with Gasteiger partial charge < -0.3 is 4.90 Å². The summed E-state index contributed by atoms with van der Waals surface area (Å²) in [5.41, 5.74) is 2.93. The molecule has 0 aromatic heterocycles. The number of carbonyl (C=O) groups is 1. The highest BCUT2D eigenvalue weighted by molar-refractivity contribution is 9.09. The van der Waals surface area contributed by atoms with Crippen LogP contribution in [0.1, 0.15) is 36.3 Å². The van der Waals surface area contributed by atoms with Gasteiger partial charge in [0, 0.05) is 23.8 Å². The van der Waals surface area contributed by atoms with Gasteiger partial charge in [0.2, 0.25) is 5.91 Å². The molecule has 3 unspecified atom stereocenters. The third-order valence-electron chi connectivity index (χ3n) is 5.35. The van der Waals surface area contributed by atoms with Gasteiger partial charge in [-0.15, -0.1) is 0 Å². The number of fused-ring (bicyclic) bond motifs is 3. The molecule has 106 valence electrons. The Morgan fingerprint density at radius 3 is 2.70 bits per heavy atom. The van der Waals surface area contributed by atoms with Crippen LogP contribution in [-0.2, 0) is 11.2 Å². The zero-order valence-corrected chi connectivity index (χ0v) is 13.2. The number of piperidine rings is 1. The van der Waals surface area contributed by atoms with Crippen molar-refractivity contribution in [2.45, 2.75) is 36.4 Å². The second kappa shape index (κ2) is 4.87. The van der Waals surface area contributed by atoms with Gasteiger partial charge in [-0.1, -0.05) is 40.2 Å². The van der Waals surface area contributed by atoms with Crippen LogP contribution >= 0.6 is 15.9 Å². The first-order valence-corrected chi connectivity index (χ1v) is 8.68. The highest BCUT2D eigenvalue weighted by Gasteiger charge is 2.57. The van der Waals surface area contributed by atoms with Crippen LogP contribution in [0.25, 0.3) is 0 Å². The van der Waals surface area contributed by atoms with Gasteiger partial charge in [0.15, 0.2) is 0 Å². The summed E-state index contributed by atoms with van der Waals surface area (Å²) in [5, 5.41) is 0. The van der Waals surface area contributed by atoms with E-state index in [1.807, 2.05) is 0 Å². The molecule has 1 amide bonds. The first-order chi connectivity index (χ1) is 9.75. The van der Waals surface area contributed by atoms with Crippen molar-refractivity contribution >= 4 is 21.8 Å². The van der Waals surface area contributed by atoms with Gasteiger partial charge in [0.05, 0.1) is 0 Å². The minimum Gasteiger partial charge on any atom is -0.342 e. The van der Waals surface area contributed by atoms with Crippen molar-refractivity contribution in [3.05, 3.63) is 35.4 Å². The lowest BCUT2D eigenvalue weighted by Crippen LogP contribution is -2.40. The average molecular weight is 334 g/mol. The molecule has 1 aromatic rings. The third kappa shape index (κ3) is 2.02. The molecule has 0 bridgehead atoms. The maximum Gasteiger partial charge on any atom is 0.226 e. The fourth-order valence-electron chi connectivity index (χ4n) is 4.18. The molecule has 2 nitrogen and oxygen atoms in total. The van der Waals surface area contributed by atoms with Crippen molar-refractivity contribution in [3.8, 4) is 0 Å². The normalized spacial score (nSPS) is 32.5. The van der Waals surface area contributed by atoms with Crippen LogP contribution in [0.15, 0.2) is 24.3 Å². The predicted molar refractivity (Wildman–Crippen MR) is 83.0 cm³/mol. The van der Waals surface area contributed by atoms with E-state index in [1.54, 1.807) is 0 Å². The number of likely N-dealkylation sites (tertiary alicyclic amines) is 1. The highest BCUT2D eigenvalue weighted by atomic mass is 79.9. The molecule has 1 heterocycles. The zero-order chi connectivity index (χ0) is 13.7. The molecule has 4 rings (SSSR count). The SMILES string of the molecule is O=C(C1C2CCc3ccccc3C21)N1CCC(Br)CC1. The van der Waals surface area contributed by atoms with Gasteiger partial charge in [-0.05, 0) is 48.6 Å². The number of nitrogens with zero attached hydrogens (tertiary/aromatic N) is 1. The van der Waals surface area contributed by atoms with Gasteiger partial charge in [-0.3, -0.25) is 4.79 Å². The molecule has 0 spiro atoms. The Hall–Kier alpha value is -0.830. The van der Waals surface area contributed by atoms with Crippen molar-refractivity contribution < 1.29 is 4.79 Å². The molecule has 2 aliphatic carbocycles. The first-order valence-electron chi connectivity index (χ1n) is 7.76. The Labute approximate surface area is 128 Å². The zero-order valence-electron chi connectivity index (χ0n) is 11.6. The Balaban J connectivity index is 1.51. The average Bonchev–Trinajstić information content (AvgIpc) is 3.22. The van der Waals surface area contributed by atoms with E-state index >= 15 is 0 Å². The molecule has 20 heavy (non-hydrogen) atoms. The number of carbonyl (C=O) groups excluding carboxylic acids is 1. The topological polar surface area (TPSA) is 20.3 Å². The van der Waals surface area contributed by atoms with Gasteiger partial charge in [-0.25, -0.2) is 0 Å². The maximum absolute atomic E-state index is 12.8. The van der Waals surface area contributed by atoms with Crippen molar-refractivity contribution in [1.29, 1.82) is 0 Å². The lowest BCUT2D eigenvalue weighted by atomic mass is 9.92. The lowest BCUT2D eigenvalue weighted by Gasteiger charge is -2.29. The van der Waals surface area contributed by atoms with Crippen LogP contribution in [0.4, 0.5) is 0 Å². The monoisotopic (exact) mass is 333 g/mol. The Morgan fingerprint density at radius 2 is 1.90 bits per heavy atom. The number of alkyl halides is 1. The summed E-state index contributed by atoms with van der Waals surface area (Å²) in [6.45, 7) is 1.87. The molecular weight excluding hydrogens is 314 g/mol. The van der Waals surface area contributed by atoms with Gasteiger partial charge in [0.1, 0.15) is 0 Å². The summed E-state index contributed by atoms with van der Waals surface area (Å²) in [6.07, 6.45) is 4.56. The predicted octanol–water partition coefficient (Wildman–Crippen LogP) is 3.35. The van der Waals surface area contributed by atoms with E-state index in [2.05, 4.69) is 45.1 Å².